The summed E-state index contributed by atoms with van der Waals surface area (Å²) in [6, 6.07) is 17.1. The van der Waals surface area contributed by atoms with Gasteiger partial charge in [0.15, 0.2) is 11.6 Å². The van der Waals surface area contributed by atoms with Crippen molar-refractivity contribution < 1.29 is 53.7 Å². The van der Waals surface area contributed by atoms with Gasteiger partial charge in [-0.3, -0.25) is 33.6 Å². The molecule has 6 N–H and O–H groups in total. The fourth-order valence-electron chi connectivity index (χ4n) is 5.49. The monoisotopic (exact) mass is 883 g/mol. The zero-order valence-corrected chi connectivity index (χ0v) is 35.0. The number of aliphatic carboxylic acids is 3. The van der Waals surface area contributed by atoms with Crippen LogP contribution in [0.15, 0.2) is 60.7 Å². The Bertz CT molecular complexity index is 2350. The second-order valence-corrected chi connectivity index (χ2v) is 18.7. The SMILES string of the molecule is Cc1ccc(-c2ccc(-c3ccc(-c4ccc(-c5ccc(C(=O)NCC(=O)CCC(=O)N[C@@H](CC(=O)O)C(=O)C[C@@H](C)C(=O)N[C@@H](CC(=O)O)C(=O)O)s5)s4)s3)s2)s1. The molecule has 0 saturated heterocycles. The molecular weight excluding hydrogens is 847 g/mol. The Hall–Kier alpha value is -5.34. The van der Waals surface area contributed by atoms with E-state index in [0.29, 0.717) is 4.88 Å². The van der Waals surface area contributed by atoms with Crippen LogP contribution in [-0.2, 0) is 33.6 Å². The number of carboxylic acid groups (broad SMARTS) is 3. The van der Waals surface area contributed by atoms with Crippen molar-refractivity contribution in [2.45, 2.75) is 58.0 Å². The van der Waals surface area contributed by atoms with Crippen LogP contribution >= 0.6 is 56.7 Å². The minimum Gasteiger partial charge on any atom is -0.481 e. The van der Waals surface area contributed by atoms with Crippen LogP contribution in [-0.4, -0.2) is 81.1 Å². The fraction of sp³-hybridized carbons (Fsp3) is 0.282. The van der Waals surface area contributed by atoms with Gasteiger partial charge in [-0.1, -0.05) is 6.92 Å². The second-order valence-electron chi connectivity index (χ2n) is 13.1. The van der Waals surface area contributed by atoms with E-state index in [1.165, 1.54) is 42.6 Å². The Morgan fingerprint density at radius 3 is 1.52 bits per heavy atom. The molecule has 5 aromatic heterocycles. The molecule has 0 bridgehead atoms. The van der Waals surface area contributed by atoms with Gasteiger partial charge in [-0.05, 0) is 67.6 Å². The highest BCUT2D eigenvalue weighted by atomic mass is 32.1. The molecule has 0 unspecified atom stereocenters. The van der Waals surface area contributed by atoms with E-state index in [-0.39, 0.29) is 13.0 Å². The van der Waals surface area contributed by atoms with Crippen molar-refractivity contribution in [2.75, 3.05) is 6.54 Å². The van der Waals surface area contributed by atoms with E-state index in [9.17, 15) is 43.5 Å². The third kappa shape index (κ3) is 12.1. The minimum atomic E-state index is -1.75. The van der Waals surface area contributed by atoms with Gasteiger partial charge in [-0.25, -0.2) is 4.79 Å². The van der Waals surface area contributed by atoms with Crippen LogP contribution in [0.25, 0.3) is 39.0 Å². The molecule has 0 spiro atoms. The maximum absolute atomic E-state index is 12.9. The van der Waals surface area contributed by atoms with Crippen LogP contribution in [0.4, 0.5) is 0 Å². The average Bonchev–Trinajstić information content (AvgIpc) is 4.01. The van der Waals surface area contributed by atoms with E-state index >= 15 is 0 Å². The summed E-state index contributed by atoms with van der Waals surface area (Å²) in [6.45, 7) is 2.99. The average molecular weight is 884 g/mol. The lowest BCUT2D eigenvalue weighted by Gasteiger charge is -2.19. The molecule has 0 fully saturated rings. The lowest BCUT2D eigenvalue weighted by atomic mass is 9.97. The van der Waals surface area contributed by atoms with Crippen molar-refractivity contribution in [1.82, 2.24) is 16.0 Å². The molecule has 5 aromatic rings. The van der Waals surface area contributed by atoms with Gasteiger partial charge in [0.05, 0.1) is 30.3 Å². The third-order valence-electron chi connectivity index (χ3n) is 8.49. The maximum atomic E-state index is 12.9. The van der Waals surface area contributed by atoms with Gasteiger partial charge in [-0.15, -0.1) is 56.7 Å². The molecule has 0 aliphatic heterocycles. The van der Waals surface area contributed by atoms with Crippen molar-refractivity contribution in [1.29, 1.82) is 0 Å². The first kappa shape index (κ1) is 43.8. The zero-order chi connectivity index (χ0) is 42.1. The van der Waals surface area contributed by atoms with Crippen LogP contribution < -0.4 is 16.0 Å². The molecule has 5 heterocycles. The first-order chi connectivity index (χ1) is 27.6. The Morgan fingerprint density at radius 1 is 0.569 bits per heavy atom. The number of amides is 3. The lowest BCUT2D eigenvalue weighted by molar-refractivity contribution is -0.147. The van der Waals surface area contributed by atoms with E-state index in [1.807, 2.05) is 17.4 Å². The number of rotatable bonds is 21. The topological polar surface area (TPSA) is 233 Å². The molecule has 19 heteroatoms. The van der Waals surface area contributed by atoms with E-state index in [4.69, 9.17) is 10.2 Å². The molecule has 58 heavy (non-hydrogen) atoms. The van der Waals surface area contributed by atoms with Gasteiger partial charge in [-0.2, -0.15) is 0 Å². The summed E-state index contributed by atoms with van der Waals surface area (Å²) < 4.78 is 0. The highest BCUT2D eigenvalue weighted by Crippen LogP contribution is 2.44. The summed E-state index contributed by atoms with van der Waals surface area (Å²) in [4.78, 5) is 108. The quantitative estimate of drug-likeness (QED) is 0.0457. The van der Waals surface area contributed by atoms with Gasteiger partial charge in [0, 0.05) is 69.1 Å². The minimum absolute atomic E-state index is 0.320. The third-order valence-corrected chi connectivity index (χ3v) is 14.6. The summed E-state index contributed by atoms with van der Waals surface area (Å²) in [7, 11) is 0. The van der Waals surface area contributed by atoms with E-state index in [2.05, 4.69) is 60.0 Å². The van der Waals surface area contributed by atoms with Gasteiger partial charge >= 0.3 is 17.9 Å². The number of hydrogen-bond donors (Lipinski definition) is 6. The number of Topliss-reactive ketones (excluding diaryl/α,β-unsaturated/α-hetero) is 2. The first-order valence-corrected chi connectivity index (χ1v) is 21.7. The number of hydrogen-bond acceptors (Lipinski definition) is 13. The van der Waals surface area contributed by atoms with Gasteiger partial charge in [0.25, 0.3) is 5.91 Å². The Balaban J connectivity index is 1.07. The molecule has 0 radical (unpaired) electrons. The van der Waals surface area contributed by atoms with E-state index < -0.39 is 90.9 Å². The summed E-state index contributed by atoms with van der Waals surface area (Å²) in [5.74, 6) is -9.25. The largest absolute Gasteiger partial charge is 0.481 e. The Labute approximate surface area is 351 Å². The predicted octanol–water partition coefficient (Wildman–Crippen LogP) is 6.65. The summed E-state index contributed by atoms with van der Waals surface area (Å²) >= 11 is 8.17. The Morgan fingerprint density at radius 2 is 1.03 bits per heavy atom. The molecule has 0 aliphatic rings. The van der Waals surface area contributed by atoms with Crippen molar-refractivity contribution >= 4 is 104 Å². The second kappa shape index (κ2) is 19.9. The predicted molar refractivity (Wildman–Crippen MR) is 224 cm³/mol. The van der Waals surface area contributed by atoms with Crippen LogP contribution in [0.1, 0.15) is 53.6 Å². The van der Waals surface area contributed by atoms with Gasteiger partial charge in [0.2, 0.25) is 11.8 Å². The molecule has 0 saturated carbocycles. The maximum Gasteiger partial charge on any atom is 0.326 e. The normalized spacial score (nSPS) is 12.6. The molecule has 0 aromatic carbocycles. The molecule has 304 valence electrons. The fourth-order valence-corrected chi connectivity index (χ4v) is 10.7. The summed E-state index contributed by atoms with van der Waals surface area (Å²) in [5, 5.41) is 34.1. The number of carbonyl (C=O) groups excluding carboxylic acids is 5. The molecule has 5 rings (SSSR count). The summed E-state index contributed by atoms with van der Waals surface area (Å²) in [6.07, 6.45) is -3.05. The lowest BCUT2D eigenvalue weighted by Crippen LogP contribution is -2.46. The number of carbonyl (C=O) groups is 8. The van der Waals surface area contributed by atoms with Gasteiger partial charge in [0.1, 0.15) is 6.04 Å². The zero-order valence-electron chi connectivity index (χ0n) is 30.9. The number of nitrogens with one attached hydrogen (secondary N) is 3. The van der Waals surface area contributed by atoms with E-state index in [0.717, 1.165) is 19.5 Å². The standard InChI is InChI=1S/C39H37N3O11S5/c1-19(37(50)42-23(39(52)53)17-36(48)49)15-24(44)22(16-35(46)47)41-34(45)14-4-21(43)18-40-38(51)33-13-12-32(58-33)31-11-10-30(57-31)29-9-8-28(56-29)27-7-6-26(55-27)25-5-3-20(2)54-25/h3,5-13,19,22-23H,4,14-18H2,1-2H3,(H,40,51)(H,41,45)(H,42,50)(H,46,47)(H,48,49)(H,52,53)/t19-,22+,23+/m1/s1. The molecule has 3 amide bonds. The number of thiophene rings is 5. The smallest absolute Gasteiger partial charge is 0.326 e. The Kier molecular flexibility index (Phi) is 15.0. The van der Waals surface area contributed by atoms with Crippen molar-refractivity contribution in [3.05, 3.63) is 70.4 Å². The van der Waals surface area contributed by atoms with Crippen LogP contribution in [0.2, 0.25) is 0 Å². The molecule has 0 aliphatic carbocycles. The molecule has 3 atom stereocenters. The highest BCUT2D eigenvalue weighted by Gasteiger charge is 2.30. The number of ketones is 2. The van der Waals surface area contributed by atoms with Crippen molar-refractivity contribution in [3.63, 3.8) is 0 Å². The van der Waals surface area contributed by atoms with Crippen LogP contribution in [0.3, 0.4) is 0 Å². The van der Waals surface area contributed by atoms with E-state index in [1.54, 1.807) is 51.4 Å². The number of aryl methyl sites for hydroxylation is 1. The molecule has 14 nitrogen and oxygen atoms in total. The van der Waals surface area contributed by atoms with Gasteiger partial charge < -0.3 is 31.3 Å². The first-order valence-electron chi connectivity index (χ1n) is 17.6. The van der Waals surface area contributed by atoms with Crippen molar-refractivity contribution in [2.24, 2.45) is 5.92 Å². The molecular formula is C39H37N3O11S5. The number of carboxylic acids is 3. The summed E-state index contributed by atoms with van der Waals surface area (Å²) in [5.41, 5.74) is 0. The van der Waals surface area contributed by atoms with Crippen molar-refractivity contribution in [3.8, 4) is 39.0 Å². The van der Waals surface area contributed by atoms with Crippen LogP contribution in [0.5, 0.6) is 0 Å². The van der Waals surface area contributed by atoms with Crippen LogP contribution in [0, 0.1) is 12.8 Å². The highest BCUT2D eigenvalue weighted by molar-refractivity contribution is 7.29.